The summed E-state index contributed by atoms with van der Waals surface area (Å²) in [5, 5.41) is 16.1. The van der Waals surface area contributed by atoms with Gasteiger partial charge in [-0.15, -0.1) is 0 Å². The Morgan fingerprint density at radius 2 is 1.40 bits per heavy atom. The average Bonchev–Trinajstić information content (AvgIpc) is 2.93. The molecule has 40 heavy (non-hydrogen) atoms. The third-order valence-electron chi connectivity index (χ3n) is 5.72. The number of carbonyl (C=O) groups excluding carboxylic acids is 3. The third-order valence-corrected chi connectivity index (χ3v) is 6.25. The maximum Gasteiger partial charge on any atom is 0.408 e. The normalized spacial score (nSPS) is 12.1. The van der Waals surface area contributed by atoms with Gasteiger partial charge in [-0.05, 0) is 47.9 Å². The van der Waals surface area contributed by atoms with Crippen molar-refractivity contribution in [1.29, 1.82) is 0 Å². The molecule has 12 heteroatoms. The van der Waals surface area contributed by atoms with E-state index >= 15 is 0 Å². The summed E-state index contributed by atoms with van der Waals surface area (Å²) in [6.45, 7) is 1.64. The van der Waals surface area contributed by atoms with Crippen LogP contribution in [0.15, 0.2) is 77.3 Å². The predicted octanol–water partition coefficient (Wildman–Crippen LogP) is 4.62. The van der Waals surface area contributed by atoms with E-state index in [0.717, 1.165) is 10.0 Å². The molecule has 2 atom stereocenters. The monoisotopic (exact) mass is 615 g/mol. The Hall–Kier alpha value is -4.32. The molecule has 10 nitrogen and oxygen atoms in total. The Morgan fingerprint density at radius 1 is 0.850 bits per heavy atom. The molecule has 0 saturated heterocycles. The van der Waals surface area contributed by atoms with E-state index < -0.39 is 40.8 Å². The zero-order valence-electron chi connectivity index (χ0n) is 21.5. The fourth-order valence-corrected chi connectivity index (χ4v) is 3.94. The lowest BCUT2D eigenvalue weighted by atomic mass is 10.0. The largest absolute Gasteiger partial charge is 0.464 e. The van der Waals surface area contributed by atoms with Crippen LogP contribution in [0.2, 0.25) is 0 Å². The van der Waals surface area contributed by atoms with E-state index in [-0.39, 0.29) is 31.7 Å². The minimum absolute atomic E-state index is 0.0170. The van der Waals surface area contributed by atoms with Gasteiger partial charge in [0, 0.05) is 29.4 Å². The Kier molecular flexibility index (Phi) is 11.1. The van der Waals surface area contributed by atoms with E-state index in [9.17, 15) is 28.9 Å². The first kappa shape index (κ1) is 30.2. The molecule has 0 spiro atoms. The van der Waals surface area contributed by atoms with Crippen LogP contribution < -0.4 is 10.6 Å². The summed E-state index contributed by atoms with van der Waals surface area (Å²) in [5.74, 6) is -1.86. The minimum atomic E-state index is -1.20. The summed E-state index contributed by atoms with van der Waals surface area (Å²) in [6, 6.07) is 15.7. The van der Waals surface area contributed by atoms with Crippen molar-refractivity contribution in [1.82, 2.24) is 10.6 Å². The van der Waals surface area contributed by atoms with Crippen molar-refractivity contribution in [3.63, 3.8) is 0 Å². The molecule has 3 aromatic carbocycles. The highest BCUT2D eigenvalue weighted by Crippen LogP contribution is 2.15. The highest BCUT2D eigenvalue weighted by molar-refractivity contribution is 9.10. The number of alkyl carbamates (subject to hydrolysis) is 1. The molecule has 0 fully saturated rings. The van der Waals surface area contributed by atoms with Gasteiger partial charge >= 0.3 is 12.1 Å². The van der Waals surface area contributed by atoms with Crippen LogP contribution in [0.4, 0.5) is 14.9 Å². The molecule has 3 rings (SSSR count). The summed E-state index contributed by atoms with van der Waals surface area (Å²) in [5.41, 5.74) is 1.68. The van der Waals surface area contributed by atoms with Gasteiger partial charge in [-0.3, -0.25) is 14.9 Å². The second-order valence-electron chi connectivity index (χ2n) is 8.67. The number of amides is 2. The molecule has 0 aliphatic heterocycles. The summed E-state index contributed by atoms with van der Waals surface area (Å²) >= 11 is 3.33. The lowest BCUT2D eigenvalue weighted by molar-refractivity contribution is -0.384. The van der Waals surface area contributed by atoms with Crippen LogP contribution in [0.3, 0.4) is 0 Å². The number of carbonyl (C=O) groups is 3. The van der Waals surface area contributed by atoms with Crippen LogP contribution in [0.5, 0.6) is 0 Å². The number of esters is 1. The number of nitrogens with one attached hydrogen (secondary N) is 2. The molecule has 0 radical (unpaired) electrons. The average molecular weight is 616 g/mol. The molecular weight excluding hydrogens is 589 g/mol. The molecule has 210 valence electrons. The number of nitrogens with zero attached hydrogens (tertiary/aromatic N) is 1. The fraction of sp³-hybridized carbons (Fsp3) is 0.250. The number of halogens is 2. The molecule has 2 amide bonds. The fourth-order valence-electron chi connectivity index (χ4n) is 3.68. The number of benzene rings is 3. The van der Waals surface area contributed by atoms with Gasteiger partial charge in [-0.2, -0.15) is 0 Å². The molecule has 2 N–H and O–H groups in total. The molecule has 0 unspecified atom stereocenters. The third kappa shape index (κ3) is 9.45. The Morgan fingerprint density at radius 3 is 1.98 bits per heavy atom. The minimum Gasteiger partial charge on any atom is -0.464 e. The van der Waals surface area contributed by atoms with Gasteiger partial charge in [0.15, 0.2) is 0 Å². The molecule has 0 bridgehead atoms. The zero-order chi connectivity index (χ0) is 29.1. The SMILES string of the molecule is CCOC(=O)[C@H](Cc1ccc(F)cc1)NC(=O)[C@H](Cc1ccc([N+](=O)[O-])cc1)NC(=O)OCc1ccc(Br)cc1. The number of nitro benzene ring substituents is 1. The smallest absolute Gasteiger partial charge is 0.408 e. The zero-order valence-corrected chi connectivity index (χ0v) is 23.1. The highest BCUT2D eigenvalue weighted by Gasteiger charge is 2.29. The van der Waals surface area contributed by atoms with Crippen molar-refractivity contribution in [3.8, 4) is 0 Å². The van der Waals surface area contributed by atoms with E-state index in [1.165, 1.54) is 48.5 Å². The van der Waals surface area contributed by atoms with E-state index in [1.807, 2.05) is 0 Å². The van der Waals surface area contributed by atoms with E-state index in [2.05, 4.69) is 26.6 Å². The lowest BCUT2D eigenvalue weighted by Gasteiger charge is -2.23. The van der Waals surface area contributed by atoms with E-state index in [1.54, 1.807) is 31.2 Å². The van der Waals surface area contributed by atoms with Crippen LogP contribution in [-0.4, -0.2) is 41.6 Å². The van der Waals surface area contributed by atoms with Crippen molar-refractivity contribution >= 4 is 39.6 Å². The second kappa shape index (κ2) is 14.7. The van der Waals surface area contributed by atoms with Crippen molar-refractivity contribution in [2.75, 3.05) is 6.61 Å². The van der Waals surface area contributed by atoms with Gasteiger partial charge in [0.25, 0.3) is 5.69 Å². The van der Waals surface area contributed by atoms with Crippen molar-refractivity contribution in [2.24, 2.45) is 0 Å². The Labute approximate surface area is 238 Å². The van der Waals surface area contributed by atoms with Crippen LogP contribution >= 0.6 is 15.9 Å². The molecule has 0 saturated carbocycles. The van der Waals surface area contributed by atoms with Crippen molar-refractivity contribution < 1.29 is 33.2 Å². The summed E-state index contributed by atoms with van der Waals surface area (Å²) in [7, 11) is 0. The van der Waals surface area contributed by atoms with Crippen LogP contribution in [0, 0.1) is 15.9 Å². The van der Waals surface area contributed by atoms with Gasteiger partial charge in [-0.1, -0.05) is 52.3 Å². The van der Waals surface area contributed by atoms with Gasteiger partial charge in [0.2, 0.25) is 5.91 Å². The predicted molar refractivity (Wildman–Crippen MR) is 147 cm³/mol. The number of non-ortho nitro benzene ring substituents is 1. The lowest BCUT2D eigenvalue weighted by Crippen LogP contribution is -2.53. The molecule has 0 aromatic heterocycles. The van der Waals surface area contributed by atoms with Gasteiger partial charge < -0.3 is 20.1 Å². The van der Waals surface area contributed by atoms with E-state index in [0.29, 0.717) is 11.1 Å². The Bertz CT molecular complexity index is 1320. The van der Waals surface area contributed by atoms with Crippen molar-refractivity contribution in [2.45, 2.75) is 38.5 Å². The van der Waals surface area contributed by atoms with Gasteiger partial charge in [0.05, 0.1) is 11.5 Å². The van der Waals surface area contributed by atoms with Crippen LogP contribution in [0.25, 0.3) is 0 Å². The maximum absolute atomic E-state index is 13.4. The molecule has 0 heterocycles. The molecular formula is C28H27BrFN3O7. The second-order valence-corrected chi connectivity index (χ2v) is 9.59. The van der Waals surface area contributed by atoms with Crippen LogP contribution in [-0.2, 0) is 38.5 Å². The topological polar surface area (TPSA) is 137 Å². The quantitative estimate of drug-likeness (QED) is 0.172. The first-order chi connectivity index (χ1) is 19.1. The number of rotatable bonds is 12. The number of hydrogen-bond donors (Lipinski definition) is 2. The number of ether oxygens (including phenoxy) is 2. The number of nitro groups is 1. The molecule has 0 aliphatic carbocycles. The van der Waals surface area contributed by atoms with E-state index in [4.69, 9.17) is 9.47 Å². The van der Waals surface area contributed by atoms with Crippen LogP contribution in [0.1, 0.15) is 23.6 Å². The first-order valence-electron chi connectivity index (χ1n) is 12.3. The van der Waals surface area contributed by atoms with Gasteiger partial charge in [-0.25, -0.2) is 14.0 Å². The summed E-state index contributed by atoms with van der Waals surface area (Å²) in [4.78, 5) is 49.1. The van der Waals surface area contributed by atoms with Crippen molar-refractivity contribution in [3.05, 3.63) is 110 Å². The Balaban J connectivity index is 1.77. The summed E-state index contributed by atoms with van der Waals surface area (Å²) in [6.07, 6.45) is -0.914. The summed E-state index contributed by atoms with van der Waals surface area (Å²) < 4.78 is 24.6. The van der Waals surface area contributed by atoms with Gasteiger partial charge in [0.1, 0.15) is 24.5 Å². The highest BCUT2D eigenvalue weighted by atomic mass is 79.9. The number of hydrogen-bond acceptors (Lipinski definition) is 7. The standard InChI is InChI=1S/C28H27BrFN3O7/c1-2-39-27(35)25(16-18-5-11-22(30)12-6-18)31-26(34)24(15-19-7-13-23(14-8-19)33(37)38)32-28(36)40-17-20-3-9-21(29)10-4-20/h3-14,24-25H,2,15-17H2,1H3,(H,31,34)(H,32,36)/t24-,25-/m0/s1. The first-order valence-corrected chi connectivity index (χ1v) is 13.1. The maximum atomic E-state index is 13.4. The molecule has 3 aromatic rings. The molecule has 0 aliphatic rings.